The molecule has 2 rings (SSSR count). The van der Waals surface area contributed by atoms with Crippen LogP contribution in [0.4, 0.5) is 5.69 Å². The lowest BCUT2D eigenvalue weighted by Gasteiger charge is -2.09. The van der Waals surface area contributed by atoms with Crippen LogP contribution in [-0.4, -0.2) is 20.3 Å². The highest BCUT2D eigenvalue weighted by atomic mass is 35.5. The van der Waals surface area contributed by atoms with E-state index in [1.807, 2.05) is 48.5 Å². The van der Waals surface area contributed by atoms with Gasteiger partial charge in [0.05, 0.1) is 13.7 Å². The third-order valence-electron chi connectivity index (χ3n) is 2.80. The Kier molecular flexibility index (Phi) is 5.56. The first-order valence-electron chi connectivity index (χ1n) is 6.54. The van der Waals surface area contributed by atoms with Crippen LogP contribution < -0.4 is 14.8 Å². The van der Waals surface area contributed by atoms with E-state index in [0.717, 1.165) is 35.2 Å². The third-order valence-corrected chi connectivity index (χ3v) is 3.05. The topological polar surface area (TPSA) is 30.5 Å². The van der Waals surface area contributed by atoms with E-state index in [9.17, 15) is 0 Å². The highest BCUT2D eigenvalue weighted by molar-refractivity contribution is 6.30. The number of ether oxygens (including phenoxy) is 2. The Hall–Kier alpha value is -1.87. The van der Waals surface area contributed by atoms with Crippen LogP contribution in [0.2, 0.25) is 5.02 Å². The Morgan fingerprint density at radius 2 is 1.85 bits per heavy atom. The number of benzene rings is 2. The molecule has 0 aliphatic heterocycles. The van der Waals surface area contributed by atoms with Crippen molar-refractivity contribution < 1.29 is 9.47 Å². The Morgan fingerprint density at radius 3 is 2.60 bits per heavy atom. The Labute approximate surface area is 124 Å². The maximum Gasteiger partial charge on any atom is 0.120 e. The molecule has 4 heteroatoms. The molecule has 20 heavy (non-hydrogen) atoms. The molecule has 0 saturated heterocycles. The second-order valence-corrected chi connectivity index (χ2v) is 4.75. The average molecular weight is 292 g/mol. The molecule has 3 nitrogen and oxygen atoms in total. The van der Waals surface area contributed by atoms with E-state index in [1.54, 1.807) is 7.11 Å². The fourth-order valence-electron chi connectivity index (χ4n) is 1.76. The van der Waals surface area contributed by atoms with Gasteiger partial charge in [-0.3, -0.25) is 0 Å². The van der Waals surface area contributed by atoms with Crippen molar-refractivity contribution in [1.82, 2.24) is 0 Å². The molecule has 0 saturated carbocycles. The zero-order valence-corrected chi connectivity index (χ0v) is 12.2. The van der Waals surface area contributed by atoms with Crippen LogP contribution in [0.25, 0.3) is 0 Å². The first-order chi connectivity index (χ1) is 9.78. The van der Waals surface area contributed by atoms with Gasteiger partial charge >= 0.3 is 0 Å². The van der Waals surface area contributed by atoms with Gasteiger partial charge in [-0.05, 0) is 42.8 Å². The lowest BCUT2D eigenvalue weighted by Crippen LogP contribution is -2.07. The standard InChI is InChI=1S/C16H18ClNO2/c1-19-16-5-2-4-14(12-16)18-10-3-11-20-15-8-6-13(17)7-9-15/h2,4-9,12,18H,3,10-11H2,1H3. The summed E-state index contributed by atoms with van der Waals surface area (Å²) in [5.41, 5.74) is 1.05. The second kappa shape index (κ2) is 7.65. The minimum absolute atomic E-state index is 0.665. The normalized spacial score (nSPS) is 10.1. The van der Waals surface area contributed by atoms with Gasteiger partial charge in [0.15, 0.2) is 0 Å². The molecule has 0 aliphatic carbocycles. The van der Waals surface area contributed by atoms with Crippen LogP contribution in [0.5, 0.6) is 11.5 Å². The molecule has 0 amide bonds. The summed E-state index contributed by atoms with van der Waals surface area (Å²) in [6.07, 6.45) is 0.917. The molecule has 0 bridgehead atoms. The zero-order valence-electron chi connectivity index (χ0n) is 11.4. The van der Waals surface area contributed by atoms with Gasteiger partial charge < -0.3 is 14.8 Å². The molecule has 106 valence electrons. The lowest BCUT2D eigenvalue weighted by atomic mass is 10.3. The van der Waals surface area contributed by atoms with Crippen molar-refractivity contribution in [2.24, 2.45) is 0 Å². The van der Waals surface area contributed by atoms with Crippen molar-refractivity contribution in [1.29, 1.82) is 0 Å². The van der Waals surface area contributed by atoms with Crippen molar-refractivity contribution in [3.63, 3.8) is 0 Å². The fraction of sp³-hybridized carbons (Fsp3) is 0.250. The van der Waals surface area contributed by atoms with Gasteiger partial charge in [-0.2, -0.15) is 0 Å². The van der Waals surface area contributed by atoms with Crippen LogP contribution >= 0.6 is 11.6 Å². The molecule has 1 N–H and O–H groups in total. The van der Waals surface area contributed by atoms with E-state index in [2.05, 4.69) is 5.32 Å². The molecule has 2 aromatic rings. The molecule has 0 fully saturated rings. The van der Waals surface area contributed by atoms with Crippen LogP contribution in [0, 0.1) is 0 Å². The Morgan fingerprint density at radius 1 is 1.05 bits per heavy atom. The number of hydrogen-bond acceptors (Lipinski definition) is 3. The molecule has 2 aromatic carbocycles. The molecule has 0 aliphatic rings. The monoisotopic (exact) mass is 291 g/mol. The quantitative estimate of drug-likeness (QED) is 0.774. The smallest absolute Gasteiger partial charge is 0.120 e. The van der Waals surface area contributed by atoms with Crippen LogP contribution in [0.15, 0.2) is 48.5 Å². The van der Waals surface area contributed by atoms with Gasteiger partial charge in [-0.15, -0.1) is 0 Å². The van der Waals surface area contributed by atoms with E-state index in [0.29, 0.717) is 6.61 Å². The summed E-state index contributed by atoms with van der Waals surface area (Å²) in [6, 6.07) is 15.3. The average Bonchev–Trinajstić information content (AvgIpc) is 2.49. The van der Waals surface area contributed by atoms with Crippen LogP contribution in [0.3, 0.4) is 0 Å². The van der Waals surface area contributed by atoms with Crippen LogP contribution in [0.1, 0.15) is 6.42 Å². The largest absolute Gasteiger partial charge is 0.497 e. The maximum absolute atomic E-state index is 5.81. The number of hydrogen-bond donors (Lipinski definition) is 1. The van der Waals surface area contributed by atoms with Crippen LogP contribution in [-0.2, 0) is 0 Å². The third kappa shape index (κ3) is 4.67. The van der Waals surface area contributed by atoms with Gasteiger partial charge in [-0.25, -0.2) is 0 Å². The van der Waals surface area contributed by atoms with Crippen molar-refractivity contribution in [3.8, 4) is 11.5 Å². The Balaban J connectivity index is 1.67. The highest BCUT2D eigenvalue weighted by Gasteiger charge is 1.96. The summed E-state index contributed by atoms with van der Waals surface area (Å²) in [5, 5.41) is 4.05. The molecule has 0 aromatic heterocycles. The Bertz CT molecular complexity index is 528. The highest BCUT2D eigenvalue weighted by Crippen LogP contribution is 2.17. The number of halogens is 1. The summed E-state index contributed by atoms with van der Waals surface area (Å²) in [4.78, 5) is 0. The van der Waals surface area contributed by atoms with Crippen molar-refractivity contribution in [3.05, 3.63) is 53.6 Å². The SMILES string of the molecule is COc1cccc(NCCCOc2ccc(Cl)cc2)c1. The first-order valence-corrected chi connectivity index (χ1v) is 6.92. The second-order valence-electron chi connectivity index (χ2n) is 4.31. The number of anilines is 1. The van der Waals surface area contributed by atoms with Gasteiger partial charge in [0.25, 0.3) is 0 Å². The predicted octanol–water partition coefficient (Wildman–Crippen LogP) is 4.23. The number of nitrogens with one attached hydrogen (secondary N) is 1. The van der Waals surface area contributed by atoms with Gasteiger partial charge in [-0.1, -0.05) is 17.7 Å². The van der Waals surface area contributed by atoms with Gasteiger partial charge in [0, 0.05) is 23.3 Å². The van der Waals surface area contributed by atoms with E-state index in [1.165, 1.54) is 0 Å². The van der Waals surface area contributed by atoms with Gasteiger partial charge in [0.1, 0.15) is 11.5 Å². The molecular formula is C16H18ClNO2. The molecule has 0 radical (unpaired) electrons. The summed E-state index contributed by atoms with van der Waals surface area (Å²) in [6.45, 7) is 1.51. The van der Waals surface area contributed by atoms with E-state index in [4.69, 9.17) is 21.1 Å². The van der Waals surface area contributed by atoms with E-state index < -0.39 is 0 Å². The lowest BCUT2D eigenvalue weighted by molar-refractivity contribution is 0.315. The molecule has 0 heterocycles. The van der Waals surface area contributed by atoms with Gasteiger partial charge in [0.2, 0.25) is 0 Å². The summed E-state index contributed by atoms with van der Waals surface area (Å²) in [7, 11) is 1.67. The minimum Gasteiger partial charge on any atom is -0.497 e. The molecule has 0 unspecified atom stereocenters. The zero-order chi connectivity index (χ0) is 14.2. The van der Waals surface area contributed by atoms with Crippen molar-refractivity contribution in [2.45, 2.75) is 6.42 Å². The predicted molar refractivity (Wildman–Crippen MR) is 83.0 cm³/mol. The van der Waals surface area contributed by atoms with Crippen molar-refractivity contribution >= 4 is 17.3 Å². The summed E-state index contributed by atoms with van der Waals surface area (Å²) in [5.74, 6) is 1.70. The van der Waals surface area contributed by atoms with E-state index in [-0.39, 0.29) is 0 Å². The molecule has 0 atom stereocenters. The summed E-state index contributed by atoms with van der Waals surface area (Å²) >= 11 is 5.81. The summed E-state index contributed by atoms with van der Waals surface area (Å²) < 4.78 is 10.8. The number of rotatable bonds is 7. The van der Waals surface area contributed by atoms with E-state index >= 15 is 0 Å². The molecule has 0 spiro atoms. The first kappa shape index (κ1) is 14.5. The number of methoxy groups -OCH3 is 1. The minimum atomic E-state index is 0.665. The van der Waals surface area contributed by atoms with Crippen molar-refractivity contribution in [2.75, 3.05) is 25.6 Å². The fourth-order valence-corrected chi connectivity index (χ4v) is 1.88. The molecular weight excluding hydrogens is 274 g/mol. The maximum atomic E-state index is 5.81.